The highest BCUT2D eigenvalue weighted by molar-refractivity contribution is 7.92. The van der Waals surface area contributed by atoms with Crippen LogP contribution in [-0.2, 0) is 29.8 Å². The molecule has 0 atom stereocenters. The van der Waals surface area contributed by atoms with Gasteiger partial charge in [-0.1, -0.05) is 6.07 Å². The smallest absolute Gasteiger partial charge is 0.419 e. The number of nitrogens with zero attached hydrogens (tertiary/aromatic N) is 3. The summed E-state index contributed by atoms with van der Waals surface area (Å²) in [4.78, 5) is 28.7. The van der Waals surface area contributed by atoms with Crippen LogP contribution in [0.1, 0.15) is 34.5 Å². The van der Waals surface area contributed by atoms with Gasteiger partial charge in [-0.15, -0.1) is 0 Å². The second-order valence-corrected chi connectivity index (χ2v) is 9.08. The normalized spacial score (nSPS) is 16.1. The van der Waals surface area contributed by atoms with Crippen molar-refractivity contribution in [1.82, 2.24) is 14.9 Å². The summed E-state index contributed by atoms with van der Waals surface area (Å²) < 4.78 is 78.3. The average molecular weight is 478 g/mol. The molecule has 0 bridgehead atoms. The van der Waals surface area contributed by atoms with Gasteiger partial charge in [-0.2, -0.15) is 13.2 Å². The number of hydrogen-bond acceptors (Lipinski definition) is 6. The molecule has 0 aliphatic carbocycles. The predicted molar refractivity (Wildman–Crippen MR) is 104 cm³/mol. The van der Waals surface area contributed by atoms with Crippen molar-refractivity contribution in [2.24, 2.45) is 7.05 Å². The summed E-state index contributed by atoms with van der Waals surface area (Å²) in [5, 5.41) is 12.2. The molecule has 1 aromatic carbocycles. The molecule has 1 fully saturated rings. The van der Waals surface area contributed by atoms with E-state index in [9.17, 15) is 40.7 Å². The molecule has 1 aliphatic rings. The number of sulfonamides is 1. The van der Waals surface area contributed by atoms with Crippen LogP contribution >= 0.6 is 0 Å². The Morgan fingerprint density at radius 2 is 1.97 bits per heavy atom. The van der Waals surface area contributed by atoms with Gasteiger partial charge in [0.25, 0.3) is 11.5 Å². The second-order valence-electron chi connectivity index (χ2n) is 7.06. The van der Waals surface area contributed by atoms with Crippen molar-refractivity contribution in [3.05, 3.63) is 51.2 Å². The highest BCUT2D eigenvalue weighted by Gasteiger charge is 2.34. The predicted octanol–water partition coefficient (Wildman–Crippen LogP) is 1.50. The van der Waals surface area contributed by atoms with Crippen molar-refractivity contribution in [1.29, 1.82) is 0 Å². The fourth-order valence-electron chi connectivity index (χ4n) is 3.14. The highest BCUT2D eigenvalue weighted by atomic mass is 32.2. The van der Waals surface area contributed by atoms with E-state index in [1.165, 1.54) is 7.05 Å². The molecule has 14 heteroatoms. The van der Waals surface area contributed by atoms with Crippen LogP contribution in [0.25, 0.3) is 0 Å². The fraction of sp³-hybridized carbons (Fsp3) is 0.389. The minimum atomic E-state index is -4.94. The standard InChI is InChI=1S/C18H18F4N4O5S/c1-25-16(29)14(27)13(24-17(25)26-6-2-3-7-32(26,30)31)15(28)23-9-10-4-5-12(19)11(8-10)18(20,21)22/h4-5,8,27H,2-3,6-7,9H2,1H3,(H,23,28). The first kappa shape index (κ1) is 23.5. The summed E-state index contributed by atoms with van der Waals surface area (Å²) in [6.45, 7) is -0.486. The van der Waals surface area contributed by atoms with E-state index in [2.05, 4.69) is 10.3 Å². The molecule has 2 heterocycles. The van der Waals surface area contributed by atoms with E-state index in [0.717, 1.165) is 14.9 Å². The highest BCUT2D eigenvalue weighted by Crippen LogP contribution is 2.32. The Kier molecular flexibility index (Phi) is 6.18. The van der Waals surface area contributed by atoms with Crippen LogP contribution in [0.2, 0.25) is 0 Å². The van der Waals surface area contributed by atoms with Crippen LogP contribution in [0.4, 0.5) is 23.5 Å². The lowest BCUT2D eigenvalue weighted by Crippen LogP contribution is -2.42. The van der Waals surface area contributed by atoms with Crippen LogP contribution < -0.4 is 15.2 Å². The van der Waals surface area contributed by atoms with Crippen molar-refractivity contribution in [3.63, 3.8) is 0 Å². The number of hydrogen-bond donors (Lipinski definition) is 2. The Bertz CT molecular complexity index is 1230. The maximum absolute atomic E-state index is 13.4. The number of aromatic hydroxyl groups is 1. The molecular formula is C18H18F4N4O5S. The fourth-order valence-corrected chi connectivity index (χ4v) is 4.75. The van der Waals surface area contributed by atoms with E-state index in [1.807, 2.05) is 0 Å². The molecule has 0 radical (unpaired) electrons. The van der Waals surface area contributed by atoms with Gasteiger partial charge in [-0.05, 0) is 30.5 Å². The third kappa shape index (κ3) is 4.54. The summed E-state index contributed by atoms with van der Waals surface area (Å²) in [6.07, 6.45) is -4.04. The number of rotatable bonds is 4. The Balaban J connectivity index is 1.91. The Labute approximate surface area is 179 Å². The van der Waals surface area contributed by atoms with Gasteiger partial charge >= 0.3 is 6.18 Å². The molecule has 1 amide bonds. The molecule has 32 heavy (non-hydrogen) atoms. The summed E-state index contributed by atoms with van der Waals surface area (Å²) >= 11 is 0. The first-order valence-electron chi connectivity index (χ1n) is 9.27. The van der Waals surface area contributed by atoms with Crippen LogP contribution in [0.5, 0.6) is 5.75 Å². The number of halogens is 4. The van der Waals surface area contributed by atoms with Gasteiger partial charge in [0.05, 0.1) is 11.3 Å². The number of amides is 1. The van der Waals surface area contributed by atoms with Gasteiger partial charge in [-0.25, -0.2) is 22.1 Å². The number of nitrogens with one attached hydrogen (secondary N) is 1. The molecule has 1 saturated heterocycles. The van der Waals surface area contributed by atoms with E-state index in [-0.39, 0.29) is 23.8 Å². The molecule has 9 nitrogen and oxygen atoms in total. The van der Waals surface area contributed by atoms with E-state index in [0.29, 0.717) is 25.0 Å². The number of carbonyl (C=O) groups excluding carboxylic acids is 1. The molecule has 1 aliphatic heterocycles. The van der Waals surface area contributed by atoms with Crippen molar-refractivity contribution < 1.29 is 35.9 Å². The number of aromatic nitrogens is 2. The topological polar surface area (TPSA) is 122 Å². The largest absolute Gasteiger partial charge is 0.501 e. The van der Waals surface area contributed by atoms with Crippen molar-refractivity contribution in [2.45, 2.75) is 25.6 Å². The van der Waals surface area contributed by atoms with Crippen LogP contribution in [0.15, 0.2) is 23.0 Å². The quantitative estimate of drug-likeness (QED) is 0.643. The molecule has 1 aromatic heterocycles. The third-order valence-electron chi connectivity index (χ3n) is 4.82. The average Bonchev–Trinajstić information content (AvgIpc) is 2.71. The van der Waals surface area contributed by atoms with Crippen molar-refractivity contribution in [3.8, 4) is 5.75 Å². The third-order valence-corrected chi connectivity index (χ3v) is 6.64. The zero-order chi connectivity index (χ0) is 23.8. The van der Waals surface area contributed by atoms with E-state index >= 15 is 0 Å². The van der Waals surface area contributed by atoms with E-state index in [1.54, 1.807) is 0 Å². The van der Waals surface area contributed by atoms with Gasteiger partial charge in [-0.3, -0.25) is 14.2 Å². The van der Waals surface area contributed by atoms with Gasteiger partial charge in [0, 0.05) is 20.1 Å². The van der Waals surface area contributed by atoms with E-state index < -0.39 is 57.0 Å². The van der Waals surface area contributed by atoms with Gasteiger partial charge in [0.15, 0.2) is 5.69 Å². The molecule has 0 spiro atoms. The second kappa shape index (κ2) is 8.41. The van der Waals surface area contributed by atoms with Gasteiger partial charge < -0.3 is 10.4 Å². The molecule has 0 unspecified atom stereocenters. The zero-order valence-corrected chi connectivity index (χ0v) is 17.4. The first-order valence-corrected chi connectivity index (χ1v) is 10.9. The molecule has 2 N–H and O–H groups in total. The van der Waals surface area contributed by atoms with Crippen molar-refractivity contribution in [2.75, 3.05) is 16.6 Å². The Morgan fingerprint density at radius 1 is 1.28 bits per heavy atom. The summed E-state index contributed by atoms with van der Waals surface area (Å²) in [5.74, 6) is -4.23. The van der Waals surface area contributed by atoms with Gasteiger partial charge in [0.2, 0.25) is 21.7 Å². The minimum absolute atomic E-state index is 0.0181. The molecule has 0 saturated carbocycles. The van der Waals surface area contributed by atoms with Crippen LogP contribution in [-0.4, -0.2) is 41.3 Å². The lowest BCUT2D eigenvalue weighted by atomic mass is 10.1. The monoisotopic (exact) mass is 478 g/mol. The maximum Gasteiger partial charge on any atom is 0.419 e. The molecular weight excluding hydrogens is 460 g/mol. The SMILES string of the molecule is Cn1c(N2CCCCS2(=O)=O)nc(C(=O)NCc2ccc(F)c(C(F)(F)F)c2)c(O)c1=O. The maximum atomic E-state index is 13.4. The molecule has 3 rings (SSSR count). The molecule has 2 aromatic rings. The summed E-state index contributed by atoms with van der Waals surface area (Å²) in [5.41, 5.74) is -3.49. The van der Waals surface area contributed by atoms with Crippen LogP contribution in [0, 0.1) is 5.82 Å². The Hall–Kier alpha value is -3.16. The first-order chi connectivity index (χ1) is 14.8. The number of benzene rings is 1. The van der Waals surface area contributed by atoms with E-state index in [4.69, 9.17) is 0 Å². The lowest BCUT2D eigenvalue weighted by molar-refractivity contribution is -0.140. The molecule has 174 valence electrons. The number of anilines is 1. The number of alkyl halides is 3. The van der Waals surface area contributed by atoms with Crippen molar-refractivity contribution >= 4 is 21.9 Å². The zero-order valence-electron chi connectivity index (χ0n) is 16.6. The summed E-state index contributed by atoms with van der Waals surface area (Å²) in [7, 11) is -2.62. The minimum Gasteiger partial charge on any atom is -0.501 e. The number of carbonyl (C=O) groups is 1. The van der Waals surface area contributed by atoms with Crippen LogP contribution in [0.3, 0.4) is 0 Å². The Morgan fingerprint density at radius 3 is 2.59 bits per heavy atom. The van der Waals surface area contributed by atoms with Gasteiger partial charge in [0.1, 0.15) is 5.82 Å². The summed E-state index contributed by atoms with van der Waals surface area (Å²) in [6, 6.07) is 2.13. The lowest BCUT2D eigenvalue weighted by Gasteiger charge is -2.28.